The average molecular weight is 289 g/mol. The number of esters is 1. The van der Waals surface area contributed by atoms with Crippen LogP contribution in [0.25, 0.3) is 0 Å². The van der Waals surface area contributed by atoms with E-state index >= 15 is 0 Å². The summed E-state index contributed by atoms with van der Waals surface area (Å²) >= 11 is 0. The molecule has 114 valence electrons. The number of methoxy groups -OCH3 is 1. The molecule has 0 aromatic carbocycles. The van der Waals surface area contributed by atoms with E-state index in [0.717, 1.165) is 5.06 Å². The van der Waals surface area contributed by atoms with Crippen molar-refractivity contribution < 1.29 is 33.5 Å². The topological polar surface area (TPSA) is 99.2 Å². The molecule has 0 unspecified atom stereocenters. The van der Waals surface area contributed by atoms with Crippen LogP contribution in [-0.4, -0.2) is 56.6 Å². The van der Waals surface area contributed by atoms with E-state index in [1.165, 1.54) is 14.2 Å². The third kappa shape index (κ3) is 9.03. The Balaban J connectivity index is 3.84. The van der Waals surface area contributed by atoms with Gasteiger partial charge in [0.1, 0.15) is 12.9 Å². The Morgan fingerprint density at radius 1 is 1.05 bits per heavy atom. The Labute approximate surface area is 116 Å². The van der Waals surface area contributed by atoms with Gasteiger partial charge in [0.2, 0.25) is 0 Å². The van der Waals surface area contributed by atoms with Gasteiger partial charge in [-0.1, -0.05) is 0 Å². The van der Waals surface area contributed by atoms with Gasteiger partial charge in [-0.15, -0.1) is 0 Å². The first-order chi connectivity index (χ1) is 9.51. The first-order valence-corrected chi connectivity index (χ1v) is 6.06. The lowest BCUT2D eigenvalue weighted by atomic mass is 10.3. The summed E-state index contributed by atoms with van der Waals surface area (Å²) in [7, 11) is 2.74. The number of rotatable bonds is 9. The summed E-state index contributed by atoms with van der Waals surface area (Å²) in [5.41, 5.74) is 0. The molecule has 0 aliphatic heterocycles. The minimum atomic E-state index is -0.726. The molecule has 0 aliphatic rings. The van der Waals surface area contributed by atoms with Gasteiger partial charge >= 0.3 is 11.9 Å². The molecule has 0 aromatic heterocycles. The van der Waals surface area contributed by atoms with Crippen molar-refractivity contribution in [2.45, 2.75) is 25.7 Å². The second kappa shape index (κ2) is 10.9. The largest absolute Gasteiger partial charge is 0.463 e. The normalized spacial score (nSPS) is 9.70. The van der Waals surface area contributed by atoms with Gasteiger partial charge in [-0.2, -0.15) is 5.06 Å². The van der Waals surface area contributed by atoms with Crippen LogP contribution in [0.5, 0.6) is 0 Å². The summed E-state index contributed by atoms with van der Waals surface area (Å²) in [5, 5.41) is 0.752. The fourth-order valence-corrected chi connectivity index (χ4v) is 1.10. The zero-order chi connectivity index (χ0) is 15.4. The number of hydrogen-bond donors (Lipinski definition) is 0. The Hall–Kier alpha value is -1.96. The fourth-order valence-electron chi connectivity index (χ4n) is 1.10. The Kier molecular flexibility index (Phi) is 9.85. The van der Waals surface area contributed by atoms with Gasteiger partial charge in [0.25, 0.3) is 5.91 Å². The smallest absolute Gasteiger partial charge is 0.333 e. The lowest BCUT2D eigenvalue weighted by Crippen LogP contribution is -2.30. The highest BCUT2D eigenvalue weighted by atomic mass is 16.7. The van der Waals surface area contributed by atoms with Crippen LogP contribution in [0, 0.1) is 0 Å². The highest BCUT2D eigenvalue weighted by molar-refractivity contribution is 5.81. The molecule has 0 rings (SSSR count). The molecule has 0 aromatic rings. The highest BCUT2D eigenvalue weighted by Gasteiger charge is 2.15. The lowest BCUT2D eigenvalue weighted by Gasteiger charge is -2.15. The predicted octanol–water partition coefficient (Wildman–Crippen LogP) is -0.148. The van der Waals surface area contributed by atoms with Crippen molar-refractivity contribution in [3.05, 3.63) is 0 Å². The number of nitrogens with zero attached hydrogens (tertiary/aromatic N) is 1. The highest BCUT2D eigenvalue weighted by Crippen LogP contribution is 2.00. The molecule has 0 fully saturated rings. The summed E-state index contributed by atoms with van der Waals surface area (Å²) in [4.78, 5) is 48.6. The van der Waals surface area contributed by atoms with Crippen LogP contribution in [0.3, 0.4) is 0 Å². The van der Waals surface area contributed by atoms with Gasteiger partial charge in [-0.25, -0.2) is 4.79 Å². The SMILES string of the molecule is COCCOC(=O)CCC(=O)ON(C)C(=O)CCC=O. The first kappa shape index (κ1) is 18.0. The minimum absolute atomic E-state index is 0.0354. The molecule has 8 heteroatoms. The molecule has 0 N–H and O–H groups in total. The Morgan fingerprint density at radius 2 is 1.70 bits per heavy atom. The Morgan fingerprint density at radius 3 is 2.30 bits per heavy atom. The lowest BCUT2D eigenvalue weighted by molar-refractivity contribution is -0.193. The molecule has 0 heterocycles. The second-order valence-electron chi connectivity index (χ2n) is 3.77. The van der Waals surface area contributed by atoms with Crippen LogP contribution in [-0.2, 0) is 33.5 Å². The predicted molar refractivity (Wildman–Crippen MR) is 66.2 cm³/mol. The standard InChI is InChI=1S/C12H19NO7/c1-13(10(15)4-3-7-14)20-12(17)6-5-11(16)19-9-8-18-2/h7H,3-6,8-9H2,1-2H3. The van der Waals surface area contributed by atoms with Crippen molar-refractivity contribution in [2.75, 3.05) is 27.4 Å². The van der Waals surface area contributed by atoms with Crippen molar-refractivity contribution >= 4 is 24.1 Å². The molecule has 0 bridgehead atoms. The molecule has 8 nitrogen and oxygen atoms in total. The van der Waals surface area contributed by atoms with E-state index in [2.05, 4.69) is 4.84 Å². The van der Waals surface area contributed by atoms with Crippen LogP contribution in [0.1, 0.15) is 25.7 Å². The maximum Gasteiger partial charge on any atom is 0.333 e. The van der Waals surface area contributed by atoms with Gasteiger partial charge in [0.05, 0.1) is 19.4 Å². The molecule has 20 heavy (non-hydrogen) atoms. The third-order valence-electron chi connectivity index (χ3n) is 2.15. The monoisotopic (exact) mass is 289 g/mol. The maximum atomic E-state index is 11.3. The number of carbonyl (C=O) groups excluding carboxylic acids is 4. The molecular weight excluding hydrogens is 270 g/mol. The number of ether oxygens (including phenoxy) is 2. The van der Waals surface area contributed by atoms with E-state index < -0.39 is 17.8 Å². The van der Waals surface area contributed by atoms with Crippen molar-refractivity contribution in [2.24, 2.45) is 0 Å². The number of amides is 1. The maximum absolute atomic E-state index is 11.3. The summed E-state index contributed by atoms with van der Waals surface area (Å²) in [6.07, 6.45) is 0.290. The summed E-state index contributed by atoms with van der Waals surface area (Å²) in [6.45, 7) is 0.401. The van der Waals surface area contributed by atoms with E-state index in [1.54, 1.807) is 0 Å². The van der Waals surface area contributed by atoms with Crippen molar-refractivity contribution in [3.8, 4) is 0 Å². The van der Waals surface area contributed by atoms with Crippen LogP contribution >= 0.6 is 0 Å². The molecule has 0 atom stereocenters. The van der Waals surface area contributed by atoms with Crippen LogP contribution in [0.15, 0.2) is 0 Å². The summed E-state index contributed by atoms with van der Waals surface area (Å²) in [5.74, 6) is -1.77. The first-order valence-electron chi connectivity index (χ1n) is 6.06. The molecule has 0 aliphatic carbocycles. The summed E-state index contributed by atoms with van der Waals surface area (Å²) in [6, 6.07) is 0. The van der Waals surface area contributed by atoms with Crippen molar-refractivity contribution in [1.29, 1.82) is 0 Å². The third-order valence-corrected chi connectivity index (χ3v) is 2.15. The van der Waals surface area contributed by atoms with Crippen molar-refractivity contribution in [1.82, 2.24) is 5.06 Å². The number of carbonyl (C=O) groups is 4. The molecular formula is C12H19NO7. The molecule has 0 saturated carbocycles. The van der Waals surface area contributed by atoms with E-state index in [1.807, 2.05) is 0 Å². The van der Waals surface area contributed by atoms with Crippen LogP contribution in [0.2, 0.25) is 0 Å². The molecule has 0 saturated heterocycles. The number of aldehydes is 1. The number of hydrogen-bond acceptors (Lipinski definition) is 7. The van der Waals surface area contributed by atoms with Gasteiger partial charge in [-0.3, -0.25) is 9.59 Å². The second-order valence-corrected chi connectivity index (χ2v) is 3.77. The van der Waals surface area contributed by atoms with Crippen LogP contribution in [0.4, 0.5) is 0 Å². The van der Waals surface area contributed by atoms with E-state index in [4.69, 9.17) is 9.47 Å². The average Bonchev–Trinajstić information content (AvgIpc) is 2.42. The van der Waals surface area contributed by atoms with Crippen molar-refractivity contribution in [3.63, 3.8) is 0 Å². The van der Waals surface area contributed by atoms with E-state index in [9.17, 15) is 19.2 Å². The molecule has 0 radical (unpaired) electrons. The van der Waals surface area contributed by atoms with Gasteiger partial charge < -0.3 is 19.1 Å². The Bertz CT molecular complexity index is 343. The van der Waals surface area contributed by atoms with Gasteiger partial charge in [0.15, 0.2) is 0 Å². The van der Waals surface area contributed by atoms with Crippen LogP contribution < -0.4 is 0 Å². The zero-order valence-electron chi connectivity index (χ0n) is 11.6. The summed E-state index contributed by atoms with van der Waals surface area (Å²) < 4.78 is 9.44. The number of hydroxylamine groups is 2. The van der Waals surface area contributed by atoms with E-state index in [-0.39, 0.29) is 38.9 Å². The van der Waals surface area contributed by atoms with Gasteiger partial charge in [-0.05, 0) is 0 Å². The molecule has 0 spiro atoms. The van der Waals surface area contributed by atoms with E-state index in [0.29, 0.717) is 6.29 Å². The van der Waals surface area contributed by atoms with Gasteiger partial charge in [0, 0.05) is 27.0 Å². The molecule has 1 amide bonds. The zero-order valence-corrected chi connectivity index (χ0v) is 11.6. The fraction of sp³-hybridized carbons (Fsp3) is 0.667. The minimum Gasteiger partial charge on any atom is -0.463 e. The quantitative estimate of drug-likeness (QED) is 0.252.